The molecule has 2 aromatic carbocycles. The Morgan fingerprint density at radius 2 is 1.68 bits per heavy atom. The monoisotopic (exact) mass is 330 g/mol. The maximum absolute atomic E-state index is 5.95. The lowest BCUT2D eigenvalue weighted by Crippen LogP contribution is -2.08. The maximum atomic E-state index is 5.95. The standard InChI is InChI=1S/C16H15ClN4S/c1-20(2)13-7-3-11(4-8-13)15-18-19-16(22)21(15)14-9-5-12(17)6-10-14/h3-10H,1-2H3,(H,19,22). The lowest BCUT2D eigenvalue weighted by atomic mass is 10.2. The minimum absolute atomic E-state index is 0.550. The highest BCUT2D eigenvalue weighted by atomic mass is 35.5. The van der Waals surface area contributed by atoms with Gasteiger partial charge < -0.3 is 4.90 Å². The van der Waals surface area contributed by atoms with Crippen LogP contribution in [-0.2, 0) is 0 Å². The van der Waals surface area contributed by atoms with Crippen molar-refractivity contribution in [1.29, 1.82) is 0 Å². The van der Waals surface area contributed by atoms with Gasteiger partial charge in [0.2, 0.25) is 0 Å². The molecule has 0 fully saturated rings. The van der Waals surface area contributed by atoms with Crippen molar-refractivity contribution in [3.63, 3.8) is 0 Å². The third-order valence-corrected chi connectivity index (χ3v) is 3.92. The first-order chi connectivity index (χ1) is 10.6. The van der Waals surface area contributed by atoms with E-state index < -0.39 is 0 Å². The van der Waals surface area contributed by atoms with Gasteiger partial charge in [-0.05, 0) is 60.7 Å². The van der Waals surface area contributed by atoms with Crippen LogP contribution in [0.1, 0.15) is 0 Å². The number of anilines is 1. The number of nitrogens with zero attached hydrogens (tertiary/aromatic N) is 3. The van der Waals surface area contributed by atoms with Crippen LogP contribution in [0.3, 0.4) is 0 Å². The minimum Gasteiger partial charge on any atom is -0.378 e. The van der Waals surface area contributed by atoms with Gasteiger partial charge in [-0.2, -0.15) is 5.10 Å². The SMILES string of the molecule is CN(C)c1ccc(-c2n[nH]c(=S)n2-c2ccc(Cl)cc2)cc1. The van der Waals surface area contributed by atoms with Crippen LogP contribution in [0, 0.1) is 4.77 Å². The molecule has 0 spiro atoms. The van der Waals surface area contributed by atoms with Gasteiger partial charge in [0.05, 0.1) is 5.69 Å². The van der Waals surface area contributed by atoms with Crippen molar-refractivity contribution in [1.82, 2.24) is 14.8 Å². The second-order valence-electron chi connectivity index (χ2n) is 5.11. The number of halogens is 1. The number of aromatic nitrogens is 3. The Kier molecular flexibility index (Phi) is 4.00. The summed E-state index contributed by atoms with van der Waals surface area (Å²) in [5, 5.41) is 7.91. The van der Waals surface area contributed by atoms with Crippen LogP contribution in [0.25, 0.3) is 17.1 Å². The molecule has 1 aromatic heterocycles. The van der Waals surface area contributed by atoms with Crippen LogP contribution in [-0.4, -0.2) is 28.9 Å². The highest BCUT2D eigenvalue weighted by molar-refractivity contribution is 7.71. The van der Waals surface area contributed by atoms with Crippen molar-refractivity contribution in [2.45, 2.75) is 0 Å². The molecule has 4 nitrogen and oxygen atoms in total. The van der Waals surface area contributed by atoms with E-state index in [1.165, 1.54) is 0 Å². The second-order valence-corrected chi connectivity index (χ2v) is 5.93. The van der Waals surface area contributed by atoms with Crippen molar-refractivity contribution < 1.29 is 0 Å². The van der Waals surface area contributed by atoms with E-state index in [-0.39, 0.29) is 0 Å². The van der Waals surface area contributed by atoms with Gasteiger partial charge in [0.25, 0.3) is 0 Å². The van der Waals surface area contributed by atoms with Gasteiger partial charge in [-0.3, -0.25) is 9.67 Å². The molecule has 0 saturated carbocycles. The third-order valence-electron chi connectivity index (χ3n) is 3.40. The summed E-state index contributed by atoms with van der Waals surface area (Å²) >= 11 is 11.3. The summed E-state index contributed by atoms with van der Waals surface area (Å²) < 4.78 is 2.45. The number of rotatable bonds is 3. The zero-order valence-corrected chi connectivity index (χ0v) is 13.8. The predicted octanol–water partition coefficient (Wildman–Crippen LogP) is 4.32. The average Bonchev–Trinajstić information content (AvgIpc) is 2.90. The number of nitrogens with one attached hydrogen (secondary N) is 1. The van der Waals surface area contributed by atoms with Gasteiger partial charge in [-0.25, -0.2) is 0 Å². The number of hydrogen-bond acceptors (Lipinski definition) is 3. The highest BCUT2D eigenvalue weighted by Crippen LogP contribution is 2.24. The summed E-state index contributed by atoms with van der Waals surface area (Å²) in [5.74, 6) is 0.776. The fraction of sp³-hybridized carbons (Fsp3) is 0.125. The number of aromatic amines is 1. The molecule has 3 rings (SSSR count). The fourth-order valence-electron chi connectivity index (χ4n) is 2.23. The first kappa shape index (κ1) is 14.8. The van der Waals surface area contributed by atoms with Crippen LogP contribution in [0.4, 0.5) is 5.69 Å². The van der Waals surface area contributed by atoms with E-state index in [9.17, 15) is 0 Å². The Bertz CT molecular complexity index is 832. The lowest BCUT2D eigenvalue weighted by molar-refractivity contribution is 1.04. The quantitative estimate of drug-likeness (QED) is 0.727. The highest BCUT2D eigenvalue weighted by Gasteiger charge is 2.11. The van der Waals surface area contributed by atoms with Gasteiger partial charge in [0.15, 0.2) is 10.6 Å². The van der Waals surface area contributed by atoms with Crippen molar-refractivity contribution in [2.75, 3.05) is 19.0 Å². The van der Waals surface area contributed by atoms with E-state index in [1.54, 1.807) is 0 Å². The molecule has 3 aromatic rings. The largest absolute Gasteiger partial charge is 0.378 e. The van der Waals surface area contributed by atoms with E-state index >= 15 is 0 Å². The van der Waals surface area contributed by atoms with E-state index in [0.717, 1.165) is 22.8 Å². The molecule has 112 valence electrons. The molecule has 6 heteroatoms. The van der Waals surface area contributed by atoms with Crippen LogP contribution in [0.15, 0.2) is 48.5 Å². The molecule has 0 atom stereocenters. The summed E-state index contributed by atoms with van der Waals surface area (Å²) in [6.07, 6.45) is 0. The predicted molar refractivity (Wildman–Crippen MR) is 93.5 cm³/mol. The Morgan fingerprint density at radius 1 is 1.05 bits per heavy atom. The number of hydrogen-bond donors (Lipinski definition) is 1. The molecule has 0 aliphatic heterocycles. The number of H-pyrrole nitrogens is 1. The van der Waals surface area contributed by atoms with Crippen molar-refractivity contribution in [3.8, 4) is 17.1 Å². The summed E-state index contributed by atoms with van der Waals surface area (Å²) in [5.41, 5.74) is 3.05. The van der Waals surface area contributed by atoms with Crippen LogP contribution in [0.5, 0.6) is 0 Å². The zero-order chi connectivity index (χ0) is 15.7. The Morgan fingerprint density at radius 3 is 2.27 bits per heavy atom. The molecule has 0 aliphatic rings. The molecular weight excluding hydrogens is 316 g/mol. The molecule has 1 heterocycles. The van der Waals surface area contributed by atoms with Crippen molar-refractivity contribution in [2.24, 2.45) is 0 Å². The topological polar surface area (TPSA) is 36.9 Å². The van der Waals surface area contributed by atoms with Gasteiger partial charge in [0, 0.05) is 30.4 Å². The lowest BCUT2D eigenvalue weighted by Gasteiger charge is -2.13. The summed E-state index contributed by atoms with van der Waals surface area (Å²) in [4.78, 5) is 2.06. The van der Waals surface area contributed by atoms with Crippen LogP contribution < -0.4 is 4.90 Å². The second kappa shape index (κ2) is 5.94. The minimum atomic E-state index is 0.550. The summed E-state index contributed by atoms with van der Waals surface area (Å²) in [6, 6.07) is 15.7. The average molecular weight is 331 g/mol. The van der Waals surface area contributed by atoms with E-state index in [0.29, 0.717) is 9.79 Å². The molecule has 22 heavy (non-hydrogen) atoms. The normalized spacial score (nSPS) is 10.7. The van der Waals surface area contributed by atoms with Gasteiger partial charge >= 0.3 is 0 Å². The van der Waals surface area contributed by atoms with Crippen LogP contribution >= 0.6 is 23.8 Å². The van der Waals surface area contributed by atoms with E-state index in [1.807, 2.05) is 55.1 Å². The first-order valence-electron chi connectivity index (χ1n) is 6.77. The molecule has 0 amide bonds. The molecule has 1 N–H and O–H groups in total. The molecule has 0 unspecified atom stereocenters. The van der Waals surface area contributed by atoms with Crippen molar-refractivity contribution >= 4 is 29.5 Å². The van der Waals surface area contributed by atoms with E-state index in [4.69, 9.17) is 23.8 Å². The smallest absolute Gasteiger partial charge is 0.200 e. The fourth-order valence-corrected chi connectivity index (χ4v) is 2.59. The molecule has 0 saturated heterocycles. The Hall–Kier alpha value is -2.11. The van der Waals surface area contributed by atoms with Gasteiger partial charge in [-0.15, -0.1) is 0 Å². The van der Waals surface area contributed by atoms with E-state index in [2.05, 4.69) is 27.2 Å². The molecule has 0 radical (unpaired) electrons. The Balaban J connectivity index is 2.09. The van der Waals surface area contributed by atoms with Gasteiger partial charge in [-0.1, -0.05) is 11.6 Å². The Labute approximate surface area is 139 Å². The molecule has 0 bridgehead atoms. The van der Waals surface area contributed by atoms with Crippen LogP contribution in [0.2, 0.25) is 5.02 Å². The number of benzene rings is 2. The maximum Gasteiger partial charge on any atom is 0.200 e. The van der Waals surface area contributed by atoms with Gasteiger partial charge in [0.1, 0.15) is 0 Å². The molecular formula is C16H15ClN4S. The first-order valence-corrected chi connectivity index (χ1v) is 7.56. The third kappa shape index (κ3) is 2.77. The summed E-state index contributed by atoms with van der Waals surface area (Å²) in [6.45, 7) is 0. The van der Waals surface area contributed by atoms with Crippen molar-refractivity contribution in [3.05, 3.63) is 58.3 Å². The summed E-state index contributed by atoms with van der Waals surface area (Å²) in [7, 11) is 4.03. The molecule has 0 aliphatic carbocycles. The zero-order valence-electron chi connectivity index (χ0n) is 12.2.